The lowest BCUT2D eigenvalue weighted by Crippen LogP contribution is -2.13. The summed E-state index contributed by atoms with van der Waals surface area (Å²) in [6, 6.07) is 13.2. The Morgan fingerprint density at radius 3 is 2.79 bits per heavy atom. The van der Waals surface area contributed by atoms with Crippen molar-refractivity contribution in [2.45, 2.75) is 6.04 Å². The number of halogens is 1. The summed E-state index contributed by atoms with van der Waals surface area (Å²) in [7, 11) is 0. The number of H-pyrrole nitrogens is 1. The minimum Gasteiger partial charge on any atom is -0.408 e. The molecule has 0 aliphatic carbocycles. The number of oxazole rings is 1. The normalized spacial score (nSPS) is 12.7. The van der Waals surface area contributed by atoms with Crippen LogP contribution in [0.1, 0.15) is 17.2 Å². The summed E-state index contributed by atoms with van der Waals surface area (Å²) in [5, 5.41) is 0. The van der Waals surface area contributed by atoms with Crippen LogP contribution in [0.25, 0.3) is 11.1 Å². The van der Waals surface area contributed by atoms with Crippen molar-refractivity contribution in [2.24, 2.45) is 5.73 Å². The zero-order valence-electron chi connectivity index (χ0n) is 9.89. The summed E-state index contributed by atoms with van der Waals surface area (Å²) in [6.07, 6.45) is 0. The van der Waals surface area contributed by atoms with E-state index in [2.05, 4.69) is 27.6 Å². The number of hydrogen-bond acceptors (Lipinski definition) is 3. The topological polar surface area (TPSA) is 72.0 Å². The highest BCUT2D eigenvalue weighted by Crippen LogP contribution is 2.25. The molecule has 3 aromatic rings. The molecule has 0 bridgehead atoms. The maximum atomic E-state index is 11.1. The Balaban J connectivity index is 2.08. The maximum absolute atomic E-state index is 11.1. The third kappa shape index (κ3) is 2.31. The molecule has 0 spiro atoms. The highest BCUT2D eigenvalue weighted by Gasteiger charge is 2.13. The standard InChI is InChI=1S/C14H11IN2O2/c15-10-4-2-1-3-9(10)13(16)8-5-6-11-12(7-8)19-14(18)17-11/h1-7,13H,16H2,(H,17,18). The number of hydrogen-bond donors (Lipinski definition) is 2. The molecule has 5 heteroatoms. The summed E-state index contributed by atoms with van der Waals surface area (Å²) >= 11 is 2.26. The number of aromatic amines is 1. The van der Waals surface area contributed by atoms with Crippen molar-refractivity contribution in [1.82, 2.24) is 4.98 Å². The Kier molecular flexibility index (Phi) is 3.16. The van der Waals surface area contributed by atoms with Gasteiger partial charge in [-0.3, -0.25) is 4.98 Å². The van der Waals surface area contributed by atoms with Crippen molar-refractivity contribution in [2.75, 3.05) is 0 Å². The van der Waals surface area contributed by atoms with E-state index in [-0.39, 0.29) is 6.04 Å². The van der Waals surface area contributed by atoms with Gasteiger partial charge in [-0.05, 0) is 51.9 Å². The van der Waals surface area contributed by atoms with Gasteiger partial charge in [-0.15, -0.1) is 0 Å². The minimum atomic E-state index is -0.449. The van der Waals surface area contributed by atoms with E-state index in [9.17, 15) is 4.79 Å². The van der Waals surface area contributed by atoms with E-state index in [1.54, 1.807) is 6.07 Å². The predicted octanol–water partition coefficient (Wildman–Crippen LogP) is 2.77. The van der Waals surface area contributed by atoms with Gasteiger partial charge >= 0.3 is 5.76 Å². The van der Waals surface area contributed by atoms with Crippen LogP contribution in [0, 0.1) is 3.57 Å². The van der Waals surface area contributed by atoms with Crippen molar-refractivity contribution >= 4 is 33.7 Å². The molecule has 0 saturated carbocycles. The van der Waals surface area contributed by atoms with Gasteiger partial charge in [0.25, 0.3) is 0 Å². The lowest BCUT2D eigenvalue weighted by molar-refractivity contribution is 0.555. The third-order valence-electron chi connectivity index (χ3n) is 3.04. The molecule has 3 rings (SSSR count). The summed E-state index contributed by atoms with van der Waals surface area (Å²) in [5.74, 6) is -0.449. The molecule has 3 N–H and O–H groups in total. The molecule has 4 nitrogen and oxygen atoms in total. The molecule has 1 heterocycles. The van der Waals surface area contributed by atoms with Crippen LogP contribution in [-0.2, 0) is 0 Å². The van der Waals surface area contributed by atoms with E-state index >= 15 is 0 Å². The van der Waals surface area contributed by atoms with Crippen LogP contribution in [0.2, 0.25) is 0 Å². The highest BCUT2D eigenvalue weighted by atomic mass is 127. The van der Waals surface area contributed by atoms with Crippen molar-refractivity contribution in [1.29, 1.82) is 0 Å². The van der Waals surface area contributed by atoms with Gasteiger partial charge in [-0.25, -0.2) is 4.79 Å². The quantitative estimate of drug-likeness (QED) is 0.686. The predicted molar refractivity (Wildman–Crippen MR) is 82.0 cm³/mol. The van der Waals surface area contributed by atoms with E-state index in [4.69, 9.17) is 10.2 Å². The summed E-state index contributed by atoms with van der Waals surface area (Å²) in [6.45, 7) is 0. The first-order valence-electron chi connectivity index (χ1n) is 5.78. The fourth-order valence-electron chi connectivity index (χ4n) is 2.06. The number of rotatable bonds is 2. The molecule has 0 saturated heterocycles. The van der Waals surface area contributed by atoms with E-state index in [0.717, 1.165) is 14.7 Å². The van der Waals surface area contributed by atoms with E-state index in [1.165, 1.54) is 0 Å². The Morgan fingerprint density at radius 2 is 2.00 bits per heavy atom. The second-order valence-electron chi connectivity index (χ2n) is 4.27. The van der Waals surface area contributed by atoms with Gasteiger partial charge in [-0.2, -0.15) is 0 Å². The molecule has 1 atom stereocenters. The lowest BCUT2D eigenvalue weighted by atomic mass is 9.99. The zero-order chi connectivity index (χ0) is 13.4. The monoisotopic (exact) mass is 366 g/mol. The fourth-order valence-corrected chi connectivity index (χ4v) is 2.79. The van der Waals surface area contributed by atoms with Crippen LogP contribution >= 0.6 is 22.6 Å². The van der Waals surface area contributed by atoms with Crippen LogP contribution in [0.15, 0.2) is 51.7 Å². The van der Waals surface area contributed by atoms with Crippen molar-refractivity contribution in [3.05, 3.63) is 67.7 Å². The second-order valence-corrected chi connectivity index (χ2v) is 5.43. The number of aromatic nitrogens is 1. The Bertz CT molecular complexity index is 791. The van der Waals surface area contributed by atoms with Crippen LogP contribution in [0.5, 0.6) is 0 Å². The smallest absolute Gasteiger partial charge is 0.408 e. The molecule has 0 radical (unpaired) electrons. The third-order valence-corrected chi connectivity index (χ3v) is 4.03. The Morgan fingerprint density at radius 1 is 1.21 bits per heavy atom. The minimum absolute atomic E-state index is 0.238. The molecule has 0 aliphatic heterocycles. The van der Waals surface area contributed by atoms with Gasteiger partial charge in [-0.1, -0.05) is 24.3 Å². The van der Waals surface area contributed by atoms with Gasteiger partial charge in [0, 0.05) is 3.57 Å². The maximum Gasteiger partial charge on any atom is 0.417 e. The van der Waals surface area contributed by atoms with Gasteiger partial charge in [0.05, 0.1) is 11.6 Å². The second kappa shape index (κ2) is 4.82. The van der Waals surface area contributed by atoms with Crippen molar-refractivity contribution in [3.63, 3.8) is 0 Å². The molecular formula is C14H11IN2O2. The van der Waals surface area contributed by atoms with Crippen LogP contribution in [0.3, 0.4) is 0 Å². The van der Waals surface area contributed by atoms with E-state index < -0.39 is 5.76 Å². The SMILES string of the molecule is NC(c1ccc2[nH]c(=O)oc2c1)c1ccccc1I. The van der Waals surface area contributed by atoms with Gasteiger partial charge < -0.3 is 10.2 Å². The molecule has 2 aromatic carbocycles. The molecule has 19 heavy (non-hydrogen) atoms. The van der Waals surface area contributed by atoms with Crippen LogP contribution in [0.4, 0.5) is 0 Å². The lowest BCUT2D eigenvalue weighted by Gasteiger charge is -2.14. The van der Waals surface area contributed by atoms with E-state index in [0.29, 0.717) is 11.1 Å². The number of benzene rings is 2. The first-order chi connectivity index (χ1) is 9.15. The molecule has 0 fully saturated rings. The number of nitrogens with two attached hydrogens (primary N) is 1. The average Bonchev–Trinajstić information content (AvgIpc) is 2.77. The molecule has 96 valence electrons. The van der Waals surface area contributed by atoms with Crippen molar-refractivity contribution in [3.8, 4) is 0 Å². The highest BCUT2D eigenvalue weighted by molar-refractivity contribution is 14.1. The zero-order valence-corrected chi connectivity index (χ0v) is 12.0. The average molecular weight is 366 g/mol. The molecule has 0 aliphatic rings. The summed E-state index contributed by atoms with van der Waals surface area (Å²) in [4.78, 5) is 13.8. The first-order valence-corrected chi connectivity index (χ1v) is 6.86. The molecule has 1 aromatic heterocycles. The Labute approximate surface area is 122 Å². The summed E-state index contributed by atoms with van der Waals surface area (Å²) in [5.41, 5.74) is 9.47. The van der Waals surface area contributed by atoms with Gasteiger partial charge in [0.1, 0.15) is 0 Å². The molecular weight excluding hydrogens is 355 g/mol. The fraction of sp³-hybridized carbons (Fsp3) is 0.0714. The number of nitrogens with one attached hydrogen (secondary N) is 1. The number of fused-ring (bicyclic) bond motifs is 1. The van der Waals surface area contributed by atoms with E-state index in [1.807, 2.05) is 36.4 Å². The Hall–Kier alpha value is -1.60. The molecule has 1 unspecified atom stereocenters. The largest absolute Gasteiger partial charge is 0.417 e. The van der Waals surface area contributed by atoms with Crippen LogP contribution < -0.4 is 11.5 Å². The molecule has 0 amide bonds. The summed E-state index contributed by atoms with van der Waals surface area (Å²) < 4.78 is 6.17. The van der Waals surface area contributed by atoms with Crippen LogP contribution in [-0.4, -0.2) is 4.98 Å². The van der Waals surface area contributed by atoms with Gasteiger partial charge in [0.2, 0.25) is 0 Å². The van der Waals surface area contributed by atoms with Crippen molar-refractivity contribution < 1.29 is 4.42 Å². The first kappa shape index (κ1) is 12.4. The van der Waals surface area contributed by atoms with Gasteiger partial charge in [0.15, 0.2) is 5.58 Å².